The molecule has 7 nitrogen and oxygen atoms in total. The Balaban J connectivity index is 0.00000450. The summed E-state index contributed by atoms with van der Waals surface area (Å²) in [6.45, 7) is 5.72. The molecule has 8 heteroatoms. The molecule has 0 bridgehead atoms. The Bertz CT molecular complexity index is 670. The minimum Gasteiger partial charge on any atom is -0.469 e. The summed E-state index contributed by atoms with van der Waals surface area (Å²) >= 11 is 0. The van der Waals surface area contributed by atoms with Gasteiger partial charge in [0.2, 0.25) is 5.91 Å². The molecule has 1 amide bonds. The van der Waals surface area contributed by atoms with Gasteiger partial charge in [0, 0.05) is 51.5 Å². The van der Waals surface area contributed by atoms with Crippen molar-refractivity contribution in [2.45, 2.75) is 39.0 Å². The van der Waals surface area contributed by atoms with Gasteiger partial charge in [-0.2, -0.15) is 0 Å². The fourth-order valence-electron chi connectivity index (χ4n) is 3.37. The van der Waals surface area contributed by atoms with Gasteiger partial charge in [-0.15, -0.1) is 24.0 Å². The smallest absolute Gasteiger partial charge is 0.305 e. The van der Waals surface area contributed by atoms with Crippen LogP contribution in [0.2, 0.25) is 0 Å². The average Bonchev–Trinajstić information content (AvgIpc) is 3.10. The van der Waals surface area contributed by atoms with Crippen molar-refractivity contribution in [1.29, 1.82) is 0 Å². The molecule has 1 saturated heterocycles. The maximum Gasteiger partial charge on any atom is 0.305 e. The summed E-state index contributed by atoms with van der Waals surface area (Å²) in [6, 6.07) is 10.3. The Morgan fingerprint density at radius 2 is 2.00 bits per heavy atom. The zero-order chi connectivity index (χ0) is 20.9. The molecule has 0 aliphatic carbocycles. The number of hydrogen-bond donors (Lipinski definition) is 2. The van der Waals surface area contributed by atoms with Gasteiger partial charge in [-0.1, -0.05) is 30.3 Å². The first-order valence-electron chi connectivity index (χ1n) is 10.5. The lowest BCUT2D eigenvalue weighted by Gasteiger charge is -2.16. The molecule has 1 heterocycles. The van der Waals surface area contributed by atoms with Crippen LogP contribution in [0.1, 0.15) is 38.2 Å². The summed E-state index contributed by atoms with van der Waals surface area (Å²) in [7, 11) is 1.41. The van der Waals surface area contributed by atoms with Gasteiger partial charge >= 0.3 is 5.97 Å². The number of amides is 1. The Kier molecular flexibility index (Phi) is 13.1. The van der Waals surface area contributed by atoms with E-state index < -0.39 is 0 Å². The van der Waals surface area contributed by atoms with Crippen molar-refractivity contribution < 1.29 is 14.3 Å². The van der Waals surface area contributed by atoms with Crippen molar-refractivity contribution in [3.8, 4) is 0 Å². The van der Waals surface area contributed by atoms with E-state index in [0.717, 1.165) is 51.4 Å². The van der Waals surface area contributed by atoms with E-state index in [0.29, 0.717) is 19.4 Å². The van der Waals surface area contributed by atoms with Crippen LogP contribution in [0.5, 0.6) is 0 Å². The van der Waals surface area contributed by atoms with Gasteiger partial charge in [0.1, 0.15) is 0 Å². The number of ether oxygens (including phenoxy) is 1. The molecular formula is C22H35IN4O3. The van der Waals surface area contributed by atoms with Crippen LogP contribution in [0.4, 0.5) is 0 Å². The normalized spacial score (nSPS) is 16.2. The summed E-state index contributed by atoms with van der Waals surface area (Å²) in [4.78, 5) is 30.1. The predicted molar refractivity (Wildman–Crippen MR) is 130 cm³/mol. The SMILES string of the molecule is CCNC(=NCC1CC(=O)N(CCc2ccccc2)C1)NCCCCC(=O)OC.I. The van der Waals surface area contributed by atoms with Crippen LogP contribution >= 0.6 is 24.0 Å². The van der Waals surface area contributed by atoms with Gasteiger partial charge in [-0.3, -0.25) is 14.6 Å². The Labute approximate surface area is 197 Å². The van der Waals surface area contributed by atoms with Crippen molar-refractivity contribution >= 4 is 41.8 Å². The maximum atomic E-state index is 12.3. The second-order valence-corrected chi connectivity index (χ2v) is 7.33. The zero-order valence-electron chi connectivity index (χ0n) is 18.1. The predicted octanol–water partition coefficient (Wildman–Crippen LogP) is 2.59. The molecular weight excluding hydrogens is 495 g/mol. The molecule has 0 spiro atoms. The number of rotatable bonds is 11. The van der Waals surface area contributed by atoms with Crippen LogP contribution < -0.4 is 10.6 Å². The van der Waals surface area contributed by atoms with E-state index in [4.69, 9.17) is 0 Å². The molecule has 1 aliphatic rings. The van der Waals surface area contributed by atoms with E-state index in [2.05, 4.69) is 32.5 Å². The Morgan fingerprint density at radius 3 is 2.70 bits per heavy atom. The third-order valence-electron chi connectivity index (χ3n) is 4.99. The largest absolute Gasteiger partial charge is 0.469 e. The molecule has 1 aliphatic heterocycles. The first-order chi connectivity index (χ1) is 14.1. The van der Waals surface area contributed by atoms with E-state index in [1.807, 2.05) is 30.0 Å². The number of nitrogens with one attached hydrogen (secondary N) is 2. The van der Waals surface area contributed by atoms with Crippen LogP contribution in [0.15, 0.2) is 35.3 Å². The lowest BCUT2D eigenvalue weighted by molar-refractivity contribution is -0.140. The number of nitrogens with zero attached hydrogens (tertiary/aromatic N) is 2. The van der Waals surface area contributed by atoms with Crippen LogP contribution in [-0.2, 0) is 20.7 Å². The van der Waals surface area contributed by atoms with Gasteiger partial charge in [0.15, 0.2) is 5.96 Å². The molecule has 2 rings (SSSR count). The number of guanidine groups is 1. The van der Waals surface area contributed by atoms with E-state index in [1.165, 1.54) is 12.7 Å². The van der Waals surface area contributed by atoms with E-state index in [1.54, 1.807) is 0 Å². The van der Waals surface area contributed by atoms with Gasteiger partial charge in [0.25, 0.3) is 0 Å². The summed E-state index contributed by atoms with van der Waals surface area (Å²) in [5.41, 5.74) is 1.26. The summed E-state index contributed by atoms with van der Waals surface area (Å²) < 4.78 is 4.64. The third kappa shape index (κ3) is 9.77. The fraction of sp³-hybridized carbons (Fsp3) is 0.591. The van der Waals surface area contributed by atoms with E-state index in [-0.39, 0.29) is 41.8 Å². The number of unbranched alkanes of at least 4 members (excludes halogenated alkanes) is 1. The number of aliphatic imine (C=N–C) groups is 1. The number of benzene rings is 1. The molecule has 1 atom stereocenters. The number of carbonyl (C=O) groups excluding carboxylic acids is 2. The Hall–Kier alpha value is -1.84. The summed E-state index contributed by atoms with van der Waals surface area (Å²) in [5.74, 6) is 1.07. The van der Waals surface area contributed by atoms with Crippen molar-refractivity contribution in [3.63, 3.8) is 0 Å². The lowest BCUT2D eigenvalue weighted by Crippen LogP contribution is -2.38. The van der Waals surface area contributed by atoms with Crippen LogP contribution in [0, 0.1) is 5.92 Å². The number of carbonyl (C=O) groups is 2. The molecule has 0 aromatic heterocycles. The van der Waals surface area contributed by atoms with Crippen molar-refractivity contribution in [1.82, 2.24) is 15.5 Å². The number of methoxy groups -OCH3 is 1. The summed E-state index contributed by atoms with van der Waals surface area (Å²) in [6.07, 6.45) is 3.55. The third-order valence-corrected chi connectivity index (χ3v) is 4.99. The molecule has 30 heavy (non-hydrogen) atoms. The van der Waals surface area contributed by atoms with Crippen LogP contribution in [0.25, 0.3) is 0 Å². The highest BCUT2D eigenvalue weighted by molar-refractivity contribution is 14.0. The van der Waals surface area contributed by atoms with E-state index >= 15 is 0 Å². The molecule has 1 unspecified atom stereocenters. The van der Waals surface area contributed by atoms with Gasteiger partial charge in [0.05, 0.1) is 7.11 Å². The highest BCUT2D eigenvalue weighted by Crippen LogP contribution is 2.18. The molecule has 0 radical (unpaired) electrons. The molecule has 1 aromatic carbocycles. The first-order valence-corrected chi connectivity index (χ1v) is 10.5. The second kappa shape index (κ2) is 15.0. The lowest BCUT2D eigenvalue weighted by atomic mass is 10.1. The molecule has 168 valence electrons. The average molecular weight is 530 g/mol. The zero-order valence-corrected chi connectivity index (χ0v) is 20.4. The quantitative estimate of drug-likeness (QED) is 0.151. The van der Waals surface area contributed by atoms with Crippen molar-refractivity contribution in [2.24, 2.45) is 10.9 Å². The highest BCUT2D eigenvalue weighted by Gasteiger charge is 2.28. The first kappa shape index (κ1) is 26.2. The Morgan fingerprint density at radius 1 is 1.23 bits per heavy atom. The molecule has 0 saturated carbocycles. The minimum absolute atomic E-state index is 0. The standard InChI is InChI=1S/C22H34N4O3.HI/c1-3-23-22(24-13-8-7-11-21(28)29-2)25-16-19-15-20(27)26(17-19)14-12-18-9-5-4-6-10-18;/h4-6,9-10,19H,3,7-8,11-17H2,1-2H3,(H2,23,24,25);1H. The second-order valence-electron chi connectivity index (χ2n) is 7.33. The van der Waals surface area contributed by atoms with Crippen LogP contribution in [0.3, 0.4) is 0 Å². The summed E-state index contributed by atoms with van der Waals surface area (Å²) in [5, 5.41) is 6.53. The topological polar surface area (TPSA) is 83.0 Å². The number of hydrogen-bond acceptors (Lipinski definition) is 4. The van der Waals surface area contributed by atoms with Gasteiger partial charge in [-0.05, 0) is 31.7 Å². The molecule has 2 N–H and O–H groups in total. The van der Waals surface area contributed by atoms with Crippen LogP contribution in [-0.4, -0.2) is 62.6 Å². The number of likely N-dealkylation sites (tertiary alicyclic amines) is 1. The number of halogens is 1. The van der Waals surface area contributed by atoms with Crippen molar-refractivity contribution in [3.05, 3.63) is 35.9 Å². The molecule has 1 fully saturated rings. The van der Waals surface area contributed by atoms with E-state index in [9.17, 15) is 9.59 Å². The highest BCUT2D eigenvalue weighted by atomic mass is 127. The minimum atomic E-state index is -0.173. The van der Waals surface area contributed by atoms with Crippen molar-refractivity contribution in [2.75, 3.05) is 39.8 Å². The monoisotopic (exact) mass is 530 g/mol. The molecule has 1 aromatic rings. The van der Waals surface area contributed by atoms with Gasteiger partial charge < -0.3 is 20.3 Å². The maximum absolute atomic E-state index is 12.3. The fourth-order valence-corrected chi connectivity index (χ4v) is 3.37. The van der Waals surface area contributed by atoms with Gasteiger partial charge in [-0.25, -0.2) is 0 Å². The number of esters is 1.